The number of fused-ring (bicyclic) bond motifs is 1. The molecule has 0 unspecified atom stereocenters. The summed E-state index contributed by atoms with van der Waals surface area (Å²) in [6.45, 7) is 0. The normalized spacial score (nSPS) is 11.7. The van der Waals surface area contributed by atoms with Crippen LogP contribution in [0.2, 0.25) is 0 Å². The fourth-order valence-corrected chi connectivity index (χ4v) is 3.72. The van der Waals surface area contributed by atoms with E-state index < -0.39 is 11.8 Å². The van der Waals surface area contributed by atoms with Crippen molar-refractivity contribution in [3.8, 4) is 5.88 Å². The van der Waals surface area contributed by atoms with Gasteiger partial charge in [-0.3, -0.25) is 9.59 Å². The van der Waals surface area contributed by atoms with E-state index in [0.29, 0.717) is 22.0 Å². The lowest BCUT2D eigenvalue weighted by atomic mass is 10.1. The van der Waals surface area contributed by atoms with Crippen LogP contribution in [0.5, 0.6) is 5.88 Å². The molecule has 3 N–H and O–H groups in total. The first-order valence-corrected chi connectivity index (χ1v) is 11.4. The number of anilines is 1. The summed E-state index contributed by atoms with van der Waals surface area (Å²) >= 11 is 3.39. The van der Waals surface area contributed by atoms with Crippen LogP contribution in [0.3, 0.4) is 0 Å². The molecule has 35 heavy (non-hydrogen) atoms. The molecule has 0 radical (unpaired) electrons. The van der Waals surface area contributed by atoms with Crippen LogP contribution >= 0.6 is 15.9 Å². The number of carbonyl (C=O) groups is 2. The van der Waals surface area contributed by atoms with Gasteiger partial charge in [-0.1, -0.05) is 46.3 Å². The molecular weight excluding hydrogens is 510 g/mol. The first-order valence-electron chi connectivity index (χ1n) is 10.6. The summed E-state index contributed by atoms with van der Waals surface area (Å²) in [4.78, 5) is 30.6. The number of amides is 2. The van der Waals surface area contributed by atoms with Crippen LogP contribution in [0.1, 0.15) is 15.9 Å². The Kier molecular flexibility index (Phi) is 7.07. The molecular formula is C26H22BrN5O3. The number of azo groups is 1. The summed E-state index contributed by atoms with van der Waals surface area (Å²) < 4.78 is 0.781. The SMILES string of the molecule is CN(C)c1ccc(C=C(NC(=O)c2ccccc2)C(=O)N=Nc2c(O)[nH]c3ccc(Br)cc23)cc1. The fourth-order valence-electron chi connectivity index (χ4n) is 3.36. The van der Waals surface area contributed by atoms with E-state index in [1.165, 1.54) is 6.08 Å². The van der Waals surface area contributed by atoms with Crippen LogP contribution in [0.4, 0.5) is 11.4 Å². The number of rotatable bonds is 6. The molecule has 176 valence electrons. The number of halogens is 1. The molecule has 8 nitrogen and oxygen atoms in total. The second-order valence-corrected chi connectivity index (χ2v) is 8.80. The lowest BCUT2D eigenvalue weighted by Crippen LogP contribution is -2.26. The summed E-state index contributed by atoms with van der Waals surface area (Å²) in [5.41, 5.74) is 2.79. The quantitative estimate of drug-likeness (QED) is 0.216. The third-order valence-corrected chi connectivity index (χ3v) is 5.68. The summed E-state index contributed by atoms with van der Waals surface area (Å²) in [6.07, 6.45) is 1.54. The number of aromatic hydroxyl groups is 1. The molecule has 0 aliphatic carbocycles. The maximum absolute atomic E-state index is 13.0. The maximum atomic E-state index is 13.0. The Morgan fingerprint density at radius 1 is 1.03 bits per heavy atom. The Morgan fingerprint density at radius 3 is 2.43 bits per heavy atom. The molecule has 0 aliphatic heterocycles. The van der Waals surface area contributed by atoms with Gasteiger partial charge in [0.15, 0.2) is 5.69 Å². The molecule has 0 bridgehead atoms. The smallest absolute Gasteiger partial charge is 0.311 e. The minimum atomic E-state index is -0.769. The molecule has 4 rings (SSSR count). The largest absolute Gasteiger partial charge is 0.493 e. The minimum absolute atomic E-state index is 0.0549. The highest BCUT2D eigenvalue weighted by atomic mass is 79.9. The lowest BCUT2D eigenvalue weighted by Gasteiger charge is -2.12. The van der Waals surface area contributed by atoms with Crippen molar-refractivity contribution in [2.75, 3.05) is 19.0 Å². The van der Waals surface area contributed by atoms with Gasteiger partial charge >= 0.3 is 5.91 Å². The number of carbonyl (C=O) groups excluding carboxylic acids is 2. The van der Waals surface area contributed by atoms with Gasteiger partial charge < -0.3 is 20.3 Å². The van der Waals surface area contributed by atoms with Gasteiger partial charge in [0.05, 0.1) is 5.52 Å². The van der Waals surface area contributed by atoms with Crippen LogP contribution in [0.15, 0.2) is 93.2 Å². The number of aromatic nitrogens is 1. The molecule has 0 fully saturated rings. The predicted octanol–water partition coefficient (Wildman–Crippen LogP) is 5.78. The summed E-state index contributed by atoms with van der Waals surface area (Å²) in [5.74, 6) is -1.44. The van der Waals surface area contributed by atoms with Crippen molar-refractivity contribution in [2.45, 2.75) is 0 Å². The van der Waals surface area contributed by atoms with Crippen LogP contribution in [0.25, 0.3) is 17.0 Å². The van der Waals surface area contributed by atoms with Crippen molar-refractivity contribution < 1.29 is 14.7 Å². The number of hydrogen-bond donors (Lipinski definition) is 3. The van der Waals surface area contributed by atoms with Crippen LogP contribution < -0.4 is 10.2 Å². The van der Waals surface area contributed by atoms with Crippen LogP contribution in [0, 0.1) is 0 Å². The van der Waals surface area contributed by atoms with Gasteiger partial charge in [0.2, 0.25) is 5.88 Å². The Hall–Kier alpha value is -4.24. The van der Waals surface area contributed by atoms with Crippen molar-refractivity contribution >= 4 is 56.1 Å². The highest BCUT2D eigenvalue weighted by Crippen LogP contribution is 2.36. The van der Waals surface area contributed by atoms with E-state index in [1.54, 1.807) is 42.5 Å². The van der Waals surface area contributed by atoms with Crippen molar-refractivity contribution in [1.29, 1.82) is 0 Å². The third-order valence-electron chi connectivity index (χ3n) is 5.19. The van der Waals surface area contributed by atoms with Gasteiger partial charge in [-0.15, -0.1) is 10.2 Å². The number of nitrogens with one attached hydrogen (secondary N) is 2. The van der Waals surface area contributed by atoms with E-state index in [4.69, 9.17) is 0 Å². The molecule has 4 aromatic rings. The lowest BCUT2D eigenvalue weighted by molar-refractivity contribution is -0.115. The zero-order valence-electron chi connectivity index (χ0n) is 19.0. The summed E-state index contributed by atoms with van der Waals surface area (Å²) in [7, 11) is 3.86. The van der Waals surface area contributed by atoms with Gasteiger partial charge in [-0.05, 0) is 54.1 Å². The highest BCUT2D eigenvalue weighted by molar-refractivity contribution is 9.10. The van der Waals surface area contributed by atoms with Gasteiger partial charge in [-0.2, -0.15) is 0 Å². The average Bonchev–Trinajstić information content (AvgIpc) is 3.16. The van der Waals surface area contributed by atoms with Gasteiger partial charge in [-0.25, -0.2) is 0 Å². The molecule has 0 spiro atoms. The second-order valence-electron chi connectivity index (χ2n) is 7.88. The number of hydrogen-bond acceptors (Lipinski definition) is 5. The molecule has 1 heterocycles. The van der Waals surface area contributed by atoms with Crippen molar-refractivity contribution in [3.63, 3.8) is 0 Å². The average molecular weight is 532 g/mol. The van der Waals surface area contributed by atoms with E-state index in [-0.39, 0.29) is 17.3 Å². The number of benzene rings is 3. The maximum Gasteiger partial charge on any atom is 0.311 e. The molecule has 2 amide bonds. The molecule has 0 saturated carbocycles. The Balaban J connectivity index is 1.67. The summed E-state index contributed by atoms with van der Waals surface area (Å²) in [6, 6.07) is 21.3. The Labute approximate surface area is 210 Å². The van der Waals surface area contributed by atoms with Crippen LogP contribution in [-0.4, -0.2) is 36.0 Å². The number of H-pyrrole nitrogens is 1. The van der Waals surface area contributed by atoms with Crippen LogP contribution in [-0.2, 0) is 4.79 Å². The first-order chi connectivity index (χ1) is 16.8. The van der Waals surface area contributed by atoms with E-state index in [0.717, 1.165) is 10.2 Å². The predicted molar refractivity (Wildman–Crippen MR) is 140 cm³/mol. The topological polar surface area (TPSA) is 110 Å². The van der Waals surface area contributed by atoms with Crippen molar-refractivity contribution in [2.24, 2.45) is 10.2 Å². The van der Waals surface area contributed by atoms with Gasteiger partial charge in [0.25, 0.3) is 5.91 Å². The van der Waals surface area contributed by atoms with E-state index >= 15 is 0 Å². The number of aromatic amines is 1. The third kappa shape index (κ3) is 5.64. The Morgan fingerprint density at radius 2 is 1.74 bits per heavy atom. The molecule has 0 saturated heterocycles. The standard InChI is InChI=1S/C26H22BrN5O3/c1-32(2)19-11-8-16(9-12-19)14-22(29-24(33)17-6-4-3-5-7-17)25(34)31-30-23-20-15-18(27)10-13-21(20)28-26(23)35/h3-15,28,35H,1-2H3,(H,29,33). The van der Waals surface area contributed by atoms with Crippen molar-refractivity contribution in [1.82, 2.24) is 10.3 Å². The molecule has 3 aromatic carbocycles. The molecule has 0 aliphatic rings. The number of nitrogens with zero attached hydrogens (tertiary/aromatic N) is 3. The van der Waals surface area contributed by atoms with Gasteiger partial charge in [0.1, 0.15) is 5.70 Å². The second kappa shape index (κ2) is 10.4. The van der Waals surface area contributed by atoms with E-state index in [2.05, 4.69) is 36.5 Å². The fraction of sp³-hybridized carbons (Fsp3) is 0.0769. The van der Waals surface area contributed by atoms with E-state index in [1.807, 2.05) is 49.3 Å². The molecule has 1 aromatic heterocycles. The molecule has 0 atom stereocenters. The Bertz CT molecular complexity index is 1440. The minimum Gasteiger partial charge on any atom is -0.493 e. The van der Waals surface area contributed by atoms with E-state index in [9.17, 15) is 14.7 Å². The monoisotopic (exact) mass is 531 g/mol. The zero-order valence-corrected chi connectivity index (χ0v) is 20.6. The molecule has 9 heteroatoms. The summed E-state index contributed by atoms with van der Waals surface area (Å²) in [5, 5.41) is 21.3. The first kappa shape index (κ1) is 23.9. The zero-order chi connectivity index (χ0) is 24.9. The highest BCUT2D eigenvalue weighted by Gasteiger charge is 2.16. The van der Waals surface area contributed by atoms with Gasteiger partial charge in [0, 0.05) is 35.2 Å². The van der Waals surface area contributed by atoms with Crippen molar-refractivity contribution in [3.05, 3.63) is 94.1 Å².